The van der Waals surface area contributed by atoms with Gasteiger partial charge in [-0.15, -0.1) is 0 Å². The van der Waals surface area contributed by atoms with E-state index in [0.29, 0.717) is 15.3 Å². The van der Waals surface area contributed by atoms with Crippen molar-refractivity contribution >= 4 is 40.2 Å². The fourth-order valence-electron chi connectivity index (χ4n) is 1.49. The molecule has 4 nitrogen and oxygen atoms in total. The van der Waals surface area contributed by atoms with Crippen LogP contribution in [0.5, 0.6) is 0 Å². The van der Waals surface area contributed by atoms with Crippen molar-refractivity contribution in [2.45, 2.75) is 6.42 Å². The highest BCUT2D eigenvalue weighted by Crippen LogP contribution is 2.23. The number of nitrogens with one attached hydrogen (secondary N) is 2. The maximum atomic E-state index is 11.3. The number of hydrogen-bond donors (Lipinski definition) is 2. The summed E-state index contributed by atoms with van der Waals surface area (Å²) in [6.45, 7) is 0.916. The molecular weight excluding hydrogens is 325 g/mol. The molecule has 1 saturated heterocycles. The van der Waals surface area contributed by atoms with Gasteiger partial charge in [0.15, 0.2) is 0 Å². The molecule has 0 spiro atoms. The lowest BCUT2D eigenvalue weighted by atomic mass is 10.1. The fraction of sp³-hybridized carbons (Fsp3) is 0.556. The number of hydrogen-bond acceptors (Lipinski definition) is 4. The minimum absolute atomic E-state index is 0.0751. The van der Waals surface area contributed by atoms with Crippen molar-refractivity contribution in [2.75, 3.05) is 23.4 Å². The summed E-state index contributed by atoms with van der Waals surface area (Å²) in [4.78, 5) is 18.0. The molecule has 2 heterocycles. The zero-order valence-corrected chi connectivity index (χ0v) is 11.1. The second kappa shape index (κ2) is 5.20. The van der Waals surface area contributed by atoms with E-state index in [9.17, 15) is 4.79 Å². The average molecular weight is 337 g/mol. The Balaban J connectivity index is 1.98. The summed E-state index contributed by atoms with van der Waals surface area (Å²) < 4.78 is 0.640. The Bertz CT molecular complexity index is 389. The first-order chi connectivity index (χ1) is 7.27. The lowest BCUT2D eigenvalue weighted by molar-refractivity contribution is 0.630. The molecule has 1 unspecified atom stereocenters. The van der Waals surface area contributed by atoms with Crippen LogP contribution in [0.1, 0.15) is 6.42 Å². The predicted octanol–water partition coefficient (Wildman–Crippen LogP) is 1.54. The van der Waals surface area contributed by atoms with Crippen LogP contribution in [0.2, 0.25) is 0 Å². The van der Waals surface area contributed by atoms with Crippen LogP contribution in [-0.2, 0) is 0 Å². The molecule has 1 aromatic heterocycles. The predicted molar refractivity (Wildman–Crippen MR) is 71.5 cm³/mol. The van der Waals surface area contributed by atoms with Crippen LogP contribution in [0, 0.1) is 9.49 Å². The largest absolute Gasteiger partial charge is 0.369 e. The van der Waals surface area contributed by atoms with Crippen LogP contribution in [0.4, 0.5) is 5.82 Å². The zero-order valence-electron chi connectivity index (χ0n) is 8.12. The number of thioether (sulfide) groups is 1. The first-order valence-corrected chi connectivity index (χ1v) is 7.05. The minimum atomic E-state index is -0.0751. The number of aromatic nitrogens is 2. The molecule has 1 aromatic rings. The zero-order chi connectivity index (χ0) is 10.7. The molecule has 1 atom stereocenters. The van der Waals surface area contributed by atoms with Crippen LogP contribution in [0.15, 0.2) is 11.1 Å². The highest BCUT2D eigenvalue weighted by molar-refractivity contribution is 14.1. The topological polar surface area (TPSA) is 57.8 Å². The van der Waals surface area contributed by atoms with Gasteiger partial charge in [0.25, 0.3) is 5.56 Å². The van der Waals surface area contributed by atoms with E-state index >= 15 is 0 Å². The molecule has 82 valence electrons. The molecule has 0 bridgehead atoms. The fourth-order valence-corrected chi connectivity index (χ4v) is 3.26. The highest BCUT2D eigenvalue weighted by atomic mass is 127. The van der Waals surface area contributed by atoms with Crippen molar-refractivity contribution < 1.29 is 0 Å². The molecule has 0 aromatic carbocycles. The number of anilines is 1. The number of H-pyrrole nitrogens is 1. The smallest absolute Gasteiger partial charge is 0.266 e. The first-order valence-electron chi connectivity index (χ1n) is 4.82. The molecule has 1 aliphatic heterocycles. The summed E-state index contributed by atoms with van der Waals surface area (Å²) in [6, 6.07) is 0. The van der Waals surface area contributed by atoms with Crippen LogP contribution in [-0.4, -0.2) is 28.0 Å². The quantitative estimate of drug-likeness (QED) is 0.822. The molecule has 1 aliphatic rings. The van der Waals surface area contributed by atoms with Gasteiger partial charge in [-0.1, -0.05) is 0 Å². The minimum Gasteiger partial charge on any atom is -0.369 e. The first kappa shape index (κ1) is 11.3. The summed E-state index contributed by atoms with van der Waals surface area (Å²) in [5.74, 6) is 3.89. The van der Waals surface area contributed by atoms with Crippen molar-refractivity contribution in [2.24, 2.45) is 5.92 Å². The van der Waals surface area contributed by atoms with Gasteiger partial charge in [0.1, 0.15) is 9.39 Å². The Labute approximate surface area is 106 Å². The SMILES string of the molecule is O=c1[nH]cnc(NCC2CCSC2)c1I. The molecule has 0 saturated carbocycles. The third-order valence-corrected chi connectivity index (χ3v) is 4.61. The molecule has 2 rings (SSSR count). The molecule has 0 aliphatic carbocycles. The van der Waals surface area contributed by atoms with E-state index < -0.39 is 0 Å². The maximum absolute atomic E-state index is 11.3. The third kappa shape index (κ3) is 2.87. The summed E-state index contributed by atoms with van der Waals surface area (Å²) in [7, 11) is 0. The molecular formula is C9H12IN3OS. The summed E-state index contributed by atoms with van der Waals surface area (Å²) in [5, 5.41) is 3.24. The van der Waals surface area contributed by atoms with Crippen LogP contribution in [0.25, 0.3) is 0 Å². The van der Waals surface area contributed by atoms with Crippen molar-refractivity contribution in [1.29, 1.82) is 0 Å². The van der Waals surface area contributed by atoms with Gasteiger partial charge in [-0.05, 0) is 46.4 Å². The molecule has 2 N–H and O–H groups in total. The Morgan fingerprint density at radius 1 is 1.73 bits per heavy atom. The van der Waals surface area contributed by atoms with Crippen LogP contribution in [0.3, 0.4) is 0 Å². The van der Waals surface area contributed by atoms with Crippen molar-refractivity contribution in [3.63, 3.8) is 0 Å². The van der Waals surface area contributed by atoms with E-state index in [1.165, 1.54) is 24.3 Å². The van der Waals surface area contributed by atoms with Gasteiger partial charge in [0.05, 0.1) is 6.33 Å². The molecule has 0 amide bonds. The van der Waals surface area contributed by atoms with Gasteiger partial charge >= 0.3 is 0 Å². The van der Waals surface area contributed by atoms with E-state index in [1.54, 1.807) is 0 Å². The maximum Gasteiger partial charge on any atom is 0.266 e. The molecule has 15 heavy (non-hydrogen) atoms. The van der Waals surface area contributed by atoms with E-state index in [0.717, 1.165) is 6.54 Å². The Morgan fingerprint density at radius 3 is 3.33 bits per heavy atom. The Kier molecular flexibility index (Phi) is 3.90. The van der Waals surface area contributed by atoms with Gasteiger partial charge in [-0.25, -0.2) is 4.98 Å². The number of nitrogens with zero attached hydrogens (tertiary/aromatic N) is 1. The summed E-state index contributed by atoms with van der Waals surface area (Å²) in [6.07, 6.45) is 2.70. The Morgan fingerprint density at radius 2 is 2.60 bits per heavy atom. The molecule has 1 fully saturated rings. The number of rotatable bonds is 3. The average Bonchev–Trinajstić information content (AvgIpc) is 2.73. The number of aromatic amines is 1. The van der Waals surface area contributed by atoms with Crippen LogP contribution >= 0.6 is 34.4 Å². The highest BCUT2D eigenvalue weighted by Gasteiger charge is 2.15. The van der Waals surface area contributed by atoms with Gasteiger partial charge < -0.3 is 10.3 Å². The number of halogens is 1. The van der Waals surface area contributed by atoms with Crippen molar-refractivity contribution in [3.05, 3.63) is 20.3 Å². The molecule has 6 heteroatoms. The monoisotopic (exact) mass is 337 g/mol. The third-order valence-electron chi connectivity index (χ3n) is 2.38. The lowest BCUT2D eigenvalue weighted by Crippen LogP contribution is -2.19. The second-order valence-corrected chi connectivity index (χ2v) is 5.73. The molecule has 0 radical (unpaired) electrons. The van der Waals surface area contributed by atoms with E-state index in [4.69, 9.17) is 0 Å². The summed E-state index contributed by atoms with van der Waals surface area (Å²) in [5.41, 5.74) is -0.0751. The standard InChI is InChI=1S/C9H12IN3OS/c10-7-8(12-5-13-9(7)14)11-3-6-1-2-15-4-6/h5-6H,1-4H2,(H2,11,12,13,14). The van der Waals surface area contributed by atoms with E-state index in [2.05, 4.69) is 15.3 Å². The van der Waals surface area contributed by atoms with E-state index in [-0.39, 0.29) is 5.56 Å². The second-order valence-electron chi connectivity index (χ2n) is 3.50. The van der Waals surface area contributed by atoms with Gasteiger partial charge in [-0.3, -0.25) is 4.79 Å². The normalized spacial score (nSPS) is 20.5. The van der Waals surface area contributed by atoms with Crippen molar-refractivity contribution in [1.82, 2.24) is 9.97 Å². The van der Waals surface area contributed by atoms with Crippen molar-refractivity contribution in [3.8, 4) is 0 Å². The van der Waals surface area contributed by atoms with Gasteiger partial charge in [0, 0.05) is 6.54 Å². The van der Waals surface area contributed by atoms with E-state index in [1.807, 2.05) is 34.4 Å². The Hall–Kier alpha value is -0.240. The van der Waals surface area contributed by atoms with Crippen LogP contribution < -0.4 is 10.9 Å². The summed E-state index contributed by atoms with van der Waals surface area (Å²) >= 11 is 4.01. The van der Waals surface area contributed by atoms with Gasteiger partial charge in [0.2, 0.25) is 0 Å². The lowest BCUT2D eigenvalue weighted by Gasteiger charge is -2.10. The van der Waals surface area contributed by atoms with Gasteiger partial charge in [-0.2, -0.15) is 11.8 Å².